The van der Waals surface area contributed by atoms with Gasteiger partial charge in [0.25, 0.3) is 0 Å². The van der Waals surface area contributed by atoms with Crippen LogP contribution in [0, 0.1) is 0 Å². The van der Waals surface area contributed by atoms with Crippen LogP contribution in [-0.2, 0) is 19.9 Å². The van der Waals surface area contributed by atoms with Gasteiger partial charge in [-0.2, -0.15) is 5.10 Å². The molecule has 3 nitrogen and oxygen atoms in total. The molecule has 0 saturated carbocycles. The maximum Gasteiger partial charge on any atom is 0.0797 e. The van der Waals surface area contributed by atoms with Gasteiger partial charge in [-0.25, -0.2) is 0 Å². The maximum atomic E-state index is 4.51. The van der Waals surface area contributed by atoms with Gasteiger partial charge in [0.05, 0.1) is 11.7 Å². The summed E-state index contributed by atoms with van der Waals surface area (Å²) in [4.78, 5) is 0. The summed E-state index contributed by atoms with van der Waals surface area (Å²) in [6, 6.07) is 11.3. The van der Waals surface area contributed by atoms with E-state index in [1.807, 2.05) is 17.9 Å². The Balaban J connectivity index is 2.11. The Kier molecular flexibility index (Phi) is 4.74. The minimum absolute atomic E-state index is 0.290. The number of likely N-dealkylation sites (N-methyl/N-ethyl adjacent to an activating group) is 1. The molecule has 3 heteroatoms. The van der Waals surface area contributed by atoms with E-state index >= 15 is 0 Å². The van der Waals surface area contributed by atoms with Crippen LogP contribution in [0.2, 0.25) is 0 Å². The average molecular weight is 257 g/mol. The molecule has 0 aliphatic rings. The molecule has 0 aliphatic heterocycles. The third kappa shape index (κ3) is 3.67. The second-order valence-corrected chi connectivity index (χ2v) is 4.90. The van der Waals surface area contributed by atoms with Crippen molar-refractivity contribution >= 4 is 0 Å². The first-order valence-electron chi connectivity index (χ1n) is 7.03. The van der Waals surface area contributed by atoms with Crippen LogP contribution in [0.3, 0.4) is 0 Å². The molecule has 1 aromatic heterocycles. The van der Waals surface area contributed by atoms with E-state index in [0.29, 0.717) is 6.04 Å². The summed E-state index contributed by atoms with van der Waals surface area (Å²) in [5, 5.41) is 8.03. The van der Waals surface area contributed by atoms with Crippen molar-refractivity contribution in [3.05, 3.63) is 53.3 Å². The lowest BCUT2D eigenvalue weighted by Crippen LogP contribution is -2.23. The van der Waals surface area contributed by atoms with Crippen molar-refractivity contribution in [2.75, 3.05) is 6.54 Å². The van der Waals surface area contributed by atoms with Crippen LogP contribution >= 0.6 is 0 Å². The van der Waals surface area contributed by atoms with E-state index in [1.54, 1.807) is 0 Å². The fourth-order valence-electron chi connectivity index (χ4n) is 2.29. The number of nitrogens with one attached hydrogen (secondary N) is 1. The molecule has 0 saturated heterocycles. The quantitative estimate of drug-likeness (QED) is 0.862. The van der Waals surface area contributed by atoms with Gasteiger partial charge in [-0.15, -0.1) is 0 Å². The van der Waals surface area contributed by atoms with Gasteiger partial charge in [-0.05, 0) is 36.6 Å². The van der Waals surface area contributed by atoms with E-state index in [1.165, 1.54) is 11.1 Å². The maximum absolute atomic E-state index is 4.51. The molecule has 0 radical (unpaired) electrons. The number of benzene rings is 1. The molecule has 0 amide bonds. The molecule has 1 unspecified atom stereocenters. The lowest BCUT2D eigenvalue weighted by atomic mass is 10.0. The largest absolute Gasteiger partial charge is 0.309 e. The normalized spacial score (nSPS) is 12.6. The molecule has 0 fully saturated rings. The molecule has 1 atom stereocenters. The molecule has 0 bridgehead atoms. The predicted octanol–water partition coefficient (Wildman–Crippen LogP) is 2.88. The Morgan fingerprint density at radius 1 is 1.11 bits per heavy atom. The third-order valence-corrected chi connectivity index (χ3v) is 3.41. The van der Waals surface area contributed by atoms with Crippen LogP contribution in [0.5, 0.6) is 0 Å². The Labute approximate surface area is 115 Å². The molecule has 0 aliphatic carbocycles. The fraction of sp³-hybridized carbons (Fsp3) is 0.438. The molecular formula is C16H23N3. The average Bonchev–Trinajstić information content (AvgIpc) is 2.86. The molecule has 2 aromatic rings. The summed E-state index contributed by atoms with van der Waals surface area (Å²) in [5.41, 5.74) is 3.86. The van der Waals surface area contributed by atoms with E-state index in [-0.39, 0.29) is 0 Å². The van der Waals surface area contributed by atoms with Crippen molar-refractivity contribution in [1.29, 1.82) is 0 Å². The zero-order valence-corrected chi connectivity index (χ0v) is 12.1. The van der Waals surface area contributed by atoms with Gasteiger partial charge in [0.15, 0.2) is 0 Å². The Bertz CT molecular complexity index is 499. The molecule has 1 heterocycles. The Morgan fingerprint density at radius 2 is 1.79 bits per heavy atom. The number of nitrogens with zero attached hydrogens (tertiary/aromatic N) is 2. The molecular weight excluding hydrogens is 234 g/mol. The monoisotopic (exact) mass is 257 g/mol. The number of aryl methyl sites for hydroxylation is 2. The zero-order chi connectivity index (χ0) is 13.7. The first-order valence-corrected chi connectivity index (χ1v) is 7.03. The van der Waals surface area contributed by atoms with Crippen LogP contribution in [-0.4, -0.2) is 16.3 Å². The highest BCUT2D eigenvalue weighted by atomic mass is 15.3. The Morgan fingerprint density at radius 3 is 2.32 bits per heavy atom. The molecule has 1 aromatic carbocycles. The summed E-state index contributed by atoms with van der Waals surface area (Å²) in [6.07, 6.45) is 4.08. The first kappa shape index (κ1) is 13.8. The van der Waals surface area contributed by atoms with Crippen LogP contribution in [0.15, 0.2) is 36.5 Å². The van der Waals surface area contributed by atoms with Crippen molar-refractivity contribution in [2.45, 2.75) is 32.7 Å². The number of hydrogen-bond donors (Lipinski definition) is 1. The number of hydrogen-bond acceptors (Lipinski definition) is 2. The predicted molar refractivity (Wildman–Crippen MR) is 79.1 cm³/mol. The van der Waals surface area contributed by atoms with E-state index in [0.717, 1.165) is 25.1 Å². The summed E-state index contributed by atoms with van der Waals surface area (Å²) >= 11 is 0. The minimum Gasteiger partial charge on any atom is -0.309 e. The van der Waals surface area contributed by atoms with Gasteiger partial charge in [0.2, 0.25) is 0 Å². The van der Waals surface area contributed by atoms with Gasteiger partial charge in [-0.3, -0.25) is 4.68 Å². The molecule has 19 heavy (non-hydrogen) atoms. The van der Waals surface area contributed by atoms with Gasteiger partial charge >= 0.3 is 0 Å². The lowest BCUT2D eigenvalue weighted by Gasteiger charge is -2.16. The van der Waals surface area contributed by atoms with Crippen molar-refractivity contribution in [3.63, 3.8) is 0 Å². The summed E-state index contributed by atoms with van der Waals surface area (Å²) < 4.78 is 1.86. The first-order chi connectivity index (χ1) is 9.22. The molecule has 0 spiro atoms. The Hall–Kier alpha value is -1.61. The van der Waals surface area contributed by atoms with Gasteiger partial charge in [0.1, 0.15) is 0 Å². The van der Waals surface area contributed by atoms with E-state index in [2.05, 4.69) is 54.6 Å². The van der Waals surface area contributed by atoms with Crippen molar-refractivity contribution < 1.29 is 0 Å². The third-order valence-electron chi connectivity index (χ3n) is 3.41. The fourth-order valence-corrected chi connectivity index (χ4v) is 2.29. The summed E-state index contributed by atoms with van der Waals surface area (Å²) in [7, 11) is 1.96. The van der Waals surface area contributed by atoms with E-state index in [4.69, 9.17) is 0 Å². The van der Waals surface area contributed by atoms with Crippen LogP contribution in [0.25, 0.3) is 0 Å². The summed E-state index contributed by atoms with van der Waals surface area (Å²) in [5.74, 6) is 0. The minimum atomic E-state index is 0.290. The second kappa shape index (κ2) is 6.53. The van der Waals surface area contributed by atoms with E-state index < -0.39 is 0 Å². The summed E-state index contributed by atoms with van der Waals surface area (Å²) in [6.45, 7) is 5.27. The topological polar surface area (TPSA) is 29.9 Å². The number of aromatic nitrogens is 2. The highest BCUT2D eigenvalue weighted by Crippen LogP contribution is 2.17. The van der Waals surface area contributed by atoms with Crippen molar-refractivity contribution in [1.82, 2.24) is 15.1 Å². The van der Waals surface area contributed by atoms with Crippen LogP contribution < -0.4 is 5.32 Å². The molecule has 2 rings (SSSR count). The van der Waals surface area contributed by atoms with Gasteiger partial charge < -0.3 is 5.32 Å². The standard InChI is InChI=1S/C16H23N3/c1-4-13-6-8-14(9-7-13)12-16(17-5-2)15-10-11-19(3)18-15/h6-11,16-17H,4-5,12H2,1-3H3. The highest BCUT2D eigenvalue weighted by Gasteiger charge is 2.13. The van der Waals surface area contributed by atoms with Gasteiger partial charge in [0, 0.05) is 13.2 Å². The molecule has 1 N–H and O–H groups in total. The van der Waals surface area contributed by atoms with Crippen molar-refractivity contribution in [2.24, 2.45) is 7.05 Å². The SMILES string of the molecule is CCNC(Cc1ccc(CC)cc1)c1ccn(C)n1. The highest BCUT2D eigenvalue weighted by molar-refractivity contribution is 5.24. The molecule has 102 valence electrons. The van der Waals surface area contributed by atoms with Crippen LogP contribution in [0.1, 0.15) is 36.7 Å². The van der Waals surface area contributed by atoms with Crippen LogP contribution in [0.4, 0.5) is 0 Å². The van der Waals surface area contributed by atoms with E-state index in [9.17, 15) is 0 Å². The number of rotatable bonds is 6. The second-order valence-electron chi connectivity index (χ2n) is 4.90. The lowest BCUT2D eigenvalue weighted by molar-refractivity contribution is 0.528. The van der Waals surface area contributed by atoms with Gasteiger partial charge in [-0.1, -0.05) is 38.1 Å². The zero-order valence-electron chi connectivity index (χ0n) is 12.1. The smallest absolute Gasteiger partial charge is 0.0797 e. The van der Waals surface area contributed by atoms with Crippen molar-refractivity contribution in [3.8, 4) is 0 Å².